The third-order valence-electron chi connectivity index (χ3n) is 3.52. The molecule has 0 unspecified atom stereocenters. The van der Waals surface area contributed by atoms with E-state index in [0.29, 0.717) is 22.8 Å². The number of carbonyl (C=O) groups is 1. The molecule has 128 valence electrons. The fraction of sp³-hybridized carbons (Fsp3) is 0.176. The van der Waals surface area contributed by atoms with E-state index < -0.39 is 18.9 Å². The number of halogens is 1. The number of ether oxygens (including phenoxy) is 1. The molecule has 1 N–H and O–H groups in total. The van der Waals surface area contributed by atoms with Gasteiger partial charge in [-0.05, 0) is 17.7 Å². The molecule has 2 heterocycles. The molecule has 8 heteroatoms. The zero-order valence-corrected chi connectivity index (χ0v) is 13.5. The molecule has 0 saturated carbocycles. The number of alkyl halides is 1. The molecular weight excluding hydrogens is 325 g/mol. The number of nitrogens with one attached hydrogen (secondary N) is 1. The van der Waals surface area contributed by atoms with Gasteiger partial charge in [-0.2, -0.15) is 0 Å². The quantitative estimate of drug-likeness (QED) is 0.771. The van der Waals surface area contributed by atoms with Crippen molar-refractivity contribution < 1.29 is 13.9 Å². The van der Waals surface area contributed by atoms with Crippen LogP contribution >= 0.6 is 0 Å². The molecule has 3 aromatic rings. The zero-order valence-electron chi connectivity index (χ0n) is 13.5. The van der Waals surface area contributed by atoms with E-state index >= 15 is 0 Å². The second-order valence-electron chi connectivity index (χ2n) is 5.21. The number of amides is 1. The Morgan fingerprint density at radius 3 is 2.68 bits per heavy atom. The highest BCUT2D eigenvalue weighted by molar-refractivity contribution is 5.88. The van der Waals surface area contributed by atoms with Crippen molar-refractivity contribution in [3.05, 3.63) is 60.3 Å². The first-order valence-corrected chi connectivity index (χ1v) is 7.58. The van der Waals surface area contributed by atoms with Crippen LogP contribution in [0.1, 0.15) is 11.7 Å². The first-order valence-electron chi connectivity index (χ1n) is 7.58. The largest absolute Gasteiger partial charge is 0.438 e. The van der Waals surface area contributed by atoms with Gasteiger partial charge in [-0.1, -0.05) is 41.6 Å². The molecule has 2 aromatic heterocycles. The Kier molecular flexibility index (Phi) is 4.98. The predicted octanol–water partition coefficient (Wildman–Crippen LogP) is 3.14. The average Bonchev–Trinajstić information content (AvgIpc) is 3.01. The van der Waals surface area contributed by atoms with Crippen LogP contribution in [0.15, 0.2) is 54.7 Å². The zero-order chi connectivity index (χ0) is 17.6. The smallest absolute Gasteiger partial charge is 0.413 e. The monoisotopic (exact) mass is 341 g/mol. The molecule has 0 radical (unpaired) electrons. The molecule has 0 spiro atoms. The number of nitrogens with zero attached hydrogens (tertiary/aromatic N) is 4. The average molecular weight is 341 g/mol. The molecule has 1 atom stereocenters. The van der Waals surface area contributed by atoms with Gasteiger partial charge in [-0.15, -0.1) is 5.10 Å². The number of aryl methyl sites for hydroxylation is 1. The van der Waals surface area contributed by atoms with E-state index in [2.05, 4.69) is 20.6 Å². The lowest BCUT2D eigenvalue weighted by Gasteiger charge is -2.15. The second-order valence-corrected chi connectivity index (χ2v) is 5.21. The lowest BCUT2D eigenvalue weighted by molar-refractivity contribution is 0.0928. The van der Waals surface area contributed by atoms with Crippen molar-refractivity contribution in [2.24, 2.45) is 7.05 Å². The molecule has 7 nitrogen and oxygen atoms in total. The SMILES string of the molecule is Cn1nnc(-c2ccccn2)c1NC(=O)O[C@H](CF)c1ccccc1. The first kappa shape index (κ1) is 16.6. The number of benzene rings is 1. The highest BCUT2D eigenvalue weighted by Crippen LogP contribution is 2.24. The van der Waals surface area contributed by atoms with Gasteiger partial charge in [0.2, 0.25) is 0 Å². The van der Waals surface area contributed by atoms with Crippen LogP contribution in [0.25, 0.3) is 11.4 Å². The number of aromatic nitrogens is 4. The standard InChI is InChI=1S/C17H16FN5O2/c1-23-16(15(21-22-23)13-9-5-6-10-19-13)20-17(24)25-14(11-18)12-7-3-2-4-8-12/h2-10,14H,11H2,1H3,(H,20,24)/t14-/m1/s1. The highest BCUT2D eigenvalue weighted by atomic mass is 19.1. The maximum absolute atomic E-state index is 13.3. The van der Waals surface area contributed by atoms with E-state index in [4.69, 9.17) is 4.74 Å². The topological polar surface area (TPSA) is 81.9 Å². The summed E-state index contributed by atoms with van der Waals surface area (Å²) >= 11 is 0. The Morgan fingerprint density at radius 1 is 1.24 bits per heavy atom. The fourth-order valence-corrected chi connectivity index (χ4v) is 2.28. The Bertz CT molecular complexity index is 839. The third kappa shape index (κ3) is 3.79. The van der Waals surface area contributed by atoms with Crippen LogP contribution in [0, 0.1) is 0 Å². The van der Waals surface area contributed by atoms with Gasteiger partial charge in [0.15, 0.2) is 17.6 Å². The van der Waals surface area contributed by atoms with Crippen LogP contribution in [0.4, 0.5) is 15.0 Å². The van der Waals surface area contributed by atoms with Gasteiger partial charge in [0.25, 0.3) is 0 Å². The minimum absolute atomic E-state index is 0.314. The molecule has 3 rings (SSSR count). The molecule has 25 heavy (non-hydrogen) atoms. The Balaban J connectivity index is 1.76. The number of rotatable bonds is 5. The summed E-state index contributed by atoms with van der Waals surface area (Å²) in [6.07, 6.45) is -0.171. The normalized spacial score (nSPS) is 11.8. The van der Waals surface area contributed by atoms with Crippen molar-refractivity contribution in [3.63, 3.8) is 0 Å². The van der Waals surface area contributed by atoms with E-state index in [1.54, 1.807) is 61.8 Å². The van der Waals surface area contributed by atoms with Crippen molar-refractivity contribution in [1.82, 2.24) is 20.0 Å². The number of hydrogen-bond donors (Lipinski definition) is 1. The third-order valence-corrected chi connectivity index (χ3v) is 3.52. The van der Waals surface area contributed by atoms with Crippen LogP contribution in [0.2, 0.25) is 0 Å². The summed E-state index contributed by atoms with van der Waals surface area (Å²) in [7, 11) is 1.62. The van der Waals surface area contributed by atoms with E-state index in [-0.39, 0.29) is 0 Å². The van der Waals surface area contributed by atoms with Crippen LogP contribution in [0.5, 0.6) is 0 Å². The van der Waals surface area contributed by atoms with Gasteiger partial charge in [0.05, 0.1) is 5.69 Å². The van der Waals surface area contributed by atoms with Crippen molar-refractivity contribution >= 4 is 11.9 Å². The summed E-state index contributed by atoms with van der Waals surface area (Å²) in [5, 5.41) is 10.5. The number of pyridine rings is 1. The van der Waals surface area contributed by atoms with E-state index in [0.717, 1.165) is 0 Å². The van der Waals surface area contributed by atoms with Crippen LogP contribution < -0.4 is 5.32 Å². The van der Waals surface area contributed by atoms with E-state index in [1.165, 1.54) is 4.68 Å². The molecule has 0 aliphatic rings. The van der Waals surface area contributed by atoms with E-state index in [9.17, 15) is 9.18 Å². The van der Waals surface area contributed by atoms with Crippen LogP contribution in [-0.4, -0.2) is 32.7 Å². The van der Waals surface area contributed by atoms with Crippen molar-refractivity contribution in [2.75, 3.05) is 12.0 Å². The fourth-order valence-electron chi connectivity index (χ4n) is 2.28. The van der Waals surface area contributed by atoms with Crippen LogP contribution in [0.3, 0.4) is 0 Å². The molecular formula is C17H16FN5O2. The van der Waals surface area contributed by atoms with Gasteiger partial charge in [-0.25, -0.2) is 13.9 Å². The van der Waals surface area contributed by atoms with E-state index in [1.807, 2.05) is 0 Å². The number of anilines is 1. The molecule has 0 aliphatic carbocycles. The molecule has 1 amide bonds. The second kappa shape index (κ2) is 7.52. The summed E-state index contributed by atoms with van der Waals surface area (Å²) in [4.78, 5) is 16.4. The van der Waals surface area contributed by atoms with Gasteiger partial charge in [-0.3, -0.25) is 10.3 Å². The molecule has 0 fully saturated rings. The van der Waals surface area contributed by atoms with Gasteiger partial charge in [0.1, 0.15) is 6.67 Å². The number of carbonyl (C=O) groups excluding carboxylic acids is 1. The lowest BCUT2D eigenvalue weighted by atomic mass is 10.1. The number of hydrogen-bond acceptors (Lipinski definition) is 5. The minimum Gasteiger partial charge on any atom is -0.438 e. The van der Waals surface area contributed by atoms with Crippen molar-refractivity contribution in [3.8, 4) is 11.4 Å². The Morgan fingerprint density at radius 2 is 2.00 bits per heavy atom. The first-order chi connectivity index (χ1) is 12.2. The Hall–Kier alpha value is -3.29. The van der Waals surface area contributed by atoms with Gasteiger partial charge < -0.3 is 4.74 Å². The molecule has 0 bridgehead atoms. The predicted molar refractivity (Wildman–Crippen MR) is 89.5 cm³/mol. The Labute approximate surface area is 143 Å². The summed E-state index contributed by atoms with van der Waals surface area (Å²) in [6, 6.07) is 14.0. The van der Waals surface area contributed by atoms with Crippen molar-refractivity contribution in [1.29, 1.82) is 0 Å². The summed E-state index contributed by atoms with van der Waals surface area (Å²) < 4.78 is 19.8. The summed E-state index contributed by atoms with van der Waals surface area (Å²) in [5.74, 6) is 0.314. The lowest BCUT2D eigenvalue weighted by Crippen LogP contribution is -2.20. The molecule has 0 saturated heterocycles. The maximum atomic E-state index is 13.3. The molecule has 1 aromatic carbocycles. The summed E-state index contributed by atoms with van der Waals surface area (Å²) in [6.45, 7) is -0.825. The minimum atomic E-state index is -0.985. The molecule has 0 aliphatic heterocycles. The van der Waals surface area contributed by atoms with Crippen LogP contribution in [-0.2, 0) is 11.8 Å². The summed E-state index contributed by atoms with van der Waals surface area (Å²) in [5.41, 5.74) is 1.53. The maximum Gasteiger partial charge on any atom is 0.413 e. The van der Waals surface area contributed by atoms with Gasteiger partial charge in [0, 0.05) is 13.2 Å². The van der Waals surface area contributed by atoms with Gasteiger partial charge >= 0.3 is 6.09 Å². The highest BCUT2D eigenvalue weighted by Gasteiger charge is 2.20. The van der Waals surface area contributed by atoms with Crippen molar-refractivity contribution in [2.45, 2.75) is 6.10 Å².